The van der Waals surface area contributed by atoms with Gasteiger partial charge in [0.15, 0.2) is 0 Å². The predicted molar refractivity (Wildman–Crippen MR) is 98.7 cm³/mol. The van der Waals surface area contributed by atoms with Gasteiger partial charge in [-0.25, -0.2) is 4.79 Å². The third-order valence-corrected chi connectivity index (χ3v) is 7.22. The van der Waals surface area contributed by atoms with E-state index in [-0.39, 0.29) is 16.4 Å². The Morgan fingerprint density at radius 3 is 2.76 bits per heavy atom. The number of aliphatic carboxylic acids is 1. The van der Waals surface area contributed by atoms with E-state index in [4.69, 9.17) is 9.84 Å². The van der Waals surface area contributed by atoms with E-state index in [1.165, 1.54) is 24.5 Å². The van der Waals surface area contributed by atoms with E-state index in [1.807, 2.05) is 12.2 Å². The summed E-state index contributed by atoms with van der Waals surface area (Å²) < 4.78 is 6.50. The molecule has 25 heavy (non-hydrogen) atoms. The summed E-state index contributed by atoms with van der Waals surface area (Å²) in [6, 6.07) is 6.41. The minimum Gasteiger partial charge on any atom is -0.486 e. The molecule has 2 saturated carbocycles. The van der Waals surface area contributed by atoms with Crippen molar-refractivity contribution < 1.29 is 14.6 Å². The zero-order valence-corrected chi connectivity index (χ0v) is 15.4. The average Bonchev–Trinajstić information content (AvgIpc) is 3.00. The Balaban J connectivity index is 1.76. The summed E-state index contributed by atoms with van der Waals surface area (Å²) in [4.78, 5) is 10.8. The molecule has 2 bridgehead atoms. The maximum Gasteiger partial charge on any atom is 0.328 e. The van der Waals surface area contributed by atoms with Crippen LogP contribution in [0.4, 0.5) is 0 Å². The fourth-order valence-electron chi connectivity index (χ4n) is 6.05. The molecule has 2 fully saturated rings. The maximum atomic E-state index is 10.8. The van der Waals surface area contributed by atoms with Crippen LogP contribution < -0.4 is 4.74 Å². The maximum absolute atomic E-state index is 10.8. The third-order valence-electron chi connectivity index (χ3n) is 7.22. The van der Waals surface area contributed by atoms with Crippen LogP contribution >= 0.6 is 0 Å². The molecule has 1 aromatic rings. The topological polar surface area (TPSA) is 46.5 Å². The largest absolute Gasteiger partial charge is 0.486 e. The van der Waals surface area contributed by atoms with Crippen molar-refractivity contribution in [1.82, 2.24) is 0 Å². The van der Waals surface area contributed by atoms with Crippen molar-refractivity contribution in [2.24, 2.45) is 11.3 Å². The molecule has 3 atom stereocenters. The van der Waals surface area contributed by atoms with Gasteiger partial charge in [-0.1, -0.05) is 32.1 Å². The molecule has 1 N–H and O–H groups in total. The molecule has 0 aromatic heterocycles. The zero-order chi connectivity index (χ0) is 18.0. The van der Waals surface area contributed by atoms with Crippen molar-refractivity contribution in [3.05, 3.63) is 47.1 Å². The summed E-state index contributed by atoms with van der Waals surface area (Å²) in [6.07, 6.45) is 8.70. The number of hydrogen-bond donors (Lipinski definition) is 1. The summed E-state index contributed by atoms with van der Waals surface area (Å²) in [6.45, 7) is 8.93. The lowest BCUT2D eigenvalue weighted by molar-refractivity contribution is -0.131. The molecule has 1 heterocycles. The number of ether oxygens (including phenoxy) is 1. The van der Waals surface area contributed by atoms with Crippen LogP contribution in [-0.4, -0.2) is 16.7 Å². The highest BCUT2D eigenvalue weighted by atomic mass is 16.5. The highest BCUT2D eigenvalue weighted by Gasteiger charge is 2.74. The van der Waals surface area contributed by atoms with Crippen LogP contribution in [0.5, 0.6) is 5.75 Å². The fourth-order valence-corrected chi connectivity index (χ4v) is 6.05. The van der Waals surface area contributed by atoms with E-state index in [2.05, 4.69) is 39.0 Å². The first kappa shape index (κ1) is 16.4. The molecule has 3 unspecified atom stereocenters. The lowest BCUT2D eigenvalue weighted by Crippen LogP contribution is -2.50. The molecule has 0 amide bonds. The van der Waals surface area contributed by atoms with Crippen LogP contribution in [-0.2, 0) is 10.2 Å². The molecule has 2 aliphatic carbocycles. The number of carboxylic acid groups (broad SMARTS) is 1. The third kappa shape index (κ3) is 2.01. The van der Waals surface area contributed by atoms with Crippen molar-refractivity contribution >= 4 is 12.0 Å². The van der Waals surface area contributed by atoms with Crippen molar-refractivity contribution in [2.45, 2.75) is 58.0 Å². The van der Waals surface area contributed by atoms with Gasteiger partial charge in [0, 0.05) is 17.1 Å². The SMILES string of the molecule is CC(C=Cc1ccc2c(c1)C13CCC(CC1(C)O2)C3(C)C)=CC(=O)O. The number of hydrogen-bond acceptors (Lipinski definition) is 2. The Hall–Kier alpha value is -2.03. The average molecular weight is 338 g/mol. The second-order valence-electron chi connectivity index (χ2n) is 8.72. The van der Waals surface area contributed by atoms with Gasteiger partial charge >= 0.3 is 5.97 Å². The van der Waals surface area contributed by atoms with E-state index >= 15 is 0 Å². The molecule has 132 valence electrons. The van der Waals surface area contributed by atoms with Crippen LogP contribution in [0.25, 0.3) is 6.08 Å². The minimum absolute atomic E-state index is 0.0931. The minimum atomic E-state index is -0.913. The molecule has 3 heteroatoms. The normalized spacial score (nSPS) is 34.9. The summed E-state index contributed by atoms with van der Waals surface area (Å²) in [5.41, 5.74) is 3.43. The highest BCUT2D eigenvalue weighted by molar-refractivity contribution is 5.81. The molecular weight excluding hydrogens is 312 g/mol. The molecule has 3 nitrogen and oxygen atoms in total. The second-order valence-corrected chi connectivity index (χ2v) is 8.72. The Morgan fingerprint density at radius 1 is 1.32 bits per heavy atom. The molecule has 3 aliphatic rings. The number of benzene rings is 1. The van der Waals surface area contributed by atoms with Gasteiger partial charge in [-0.05, 0) is 67.7 Å². The lowest BCUT2D eigenvalue weighted by Gasteiger charge is -2.42. The number of carbonyl (C=O) groups is 1. The Morgan fingerprint density at radius 2 is 2.08 bits per heavy atom. The van der Waals surface area contributed by atoms with Crippen molar-refractivity contribution in [1.29, 1.82) is 0 Å². The number of fused-ring (bicyclic) bond motifs is 2. The van der Waals surface area contributed by atoms with E-state index in [0.29, 0.717) is 0 Å². The van der Waals surface area contributed by atoms with Gasteiger partial charge in [-0.3, -0.25) is 0 Å². The smallest absolute Gasteiger partial charge is 0.328 e. The molecule has 0 saturated heterocycles. The van der Waals surface area contributed by atoms with E-state index < -0.39 is 5.97 Å². The first-order chi connectivity index (χ1) is 11.7. The Bertz CT molecular complexity index is 817. The van der Waals surface area contributed by atoms with Crippen LogP contribution in [0.15, 0.2) is 35.9 Å². The van der Waals surface area contributed by atoms with Gasteiger partial charge in [0.25, 0.3) is 0 Å². The van der Waals surface area contributed by atoms with Gasteiger partial charge < -0.3 is 9.84 Å². The van der Waals surface area contributed by atoms with Crippen molar-refractivity contribution in [2.75, 3.05) is 0 Å². The van der Waals surface area contributed by atoms with E-state index in [1.54, 1.807) is 6.92 Å². The van der Waals surface area contributed by atoms with Crippen LogP contribution in [0, 0.1) is 11.3 Å². The van der Waals surface area contributed by atoms with Gasteiger partial charge in [-0.15, -0.1) is 0 Å². The van der Waals surface area contributed by atoms with Gasteiger partial charge in [0.2, 0.25) is 0 Å². The van der Waals surface area contributed by atoms with Crippen molar-refractivity contribution in [3.8, 4) is 5.75 Å². The molecule has 1 aliphatic heterocycles. The molecule has 1 spiro atoms. The standard InChI is InChI=1S/C22H26O3/c1-14(11-19(23)24)5-6-15-7-8-18-17(12-15)22-10-9-16(20(22,2)3)13-21(22,4)25-18/h5-8,11-12,16H,9-10,13H2,1-4H3,(H,23,24). The monoisotopic (exact) mass is 338 g/mol. The van der Waals surface area contributed by atoms with Crippen molar-refractivity contribution in [3.63, 3.8) is 0 Å². The first-order valence-corrected chi connectivity index (χ1v) is 9.12. The Kier molecular flexibility index (Phi) is 3.29. The first-order valence-electron chi connectivity index (χ1n) is 9.12. The number of allylic oxidation sites excluding steroid dienone is 2. The van der Waals surface area contributed by atoms with Crippen LogP contribution in [0.1, 0.15) is 58.1 Å². The van der Waals surface area contributed by atoms with Gasteiger partial charge in [0.05, 0.1) is 0 Å². The molecule has 4 rings (SSSR count). The molecule has 0 radical (unpaired) electrons. The van der Waals surface area contributed by atoms with Gasteiger partial charge in [0.1, 0.15) is 11.4 Å². The zero-order valence-electron chi connectivity index (χ0n) is 15.4. The van der Waals surface area contributed by atoms with E-state index in [9.17, 15) is 4.79 Å². The quantitative estimate of drug-likeness (QED) is 0.626. The highest BCUT2D eigenvalue weighted by Crippen LogP contribution is 2.74. The number of carboxylic acids is 1. The summed E-state index contributed by atoms with van der Waals surface area (Å²) in [7, 11) is 0. The van der Waals surface area contributed by atoms with Crippen LogP contribution in [0.2, 0.25) is 0 Å². The van der Waals surface area contributed by atoms with Gasteiger partial charge in [-0.2, -0.15) is 0 Å². The molecule has 1 aromatic carbocycles. The number of rotatable bonds is 3. The predicted octanol–water partition coefficient (Wildman–Crippen LogP) is 4.96. The fraction of sp³-hybridized carbons (Fsp3) is 0.500. The molecular formula is C22H26O3. The second kappa shape index (κ2) is 5.00. The van der Waals surface area contributed by atoms with Crippen LogP contribution in [0.3, 0.4) is 0 Å². The van der Waals surface area contributed by atoms with E-state index in [0.717, 1.165) is 29.2 Å². The Labute approximate surface area is 149 Å². The lowest BCUT2D eigenvalue weighted by atomic mass is 9.61. The summed E-state index contributed by atoms with van der Waals surface area (Å²) in [5, 5.41) is 8.84. The summed E-state index contributed by atoms with van der Waals surface area (Å²) >= 11 is 0. The summed E-state index contributed by atoms with van der Waals surface area (Å²) in [5.74, 6) is 0.848.